The van der Waals surface area contributed by atoms with Gasteiger partial charge in [0.15, 0.2) is 0 Å². The molecule has 2 heterocycles. The van der Waals surface area contributed by atoms with Crippen LogP contribution in [0.3, 0.4) is 0 Å². The molecular weight excluding hydrogens is 256 g/mol. The van der Waals surface area contributed by atoms with Crippen LogP contribution >= 0.6 is 0 Å². The maximum atomic E-state index is 11.8. The first-order valence-electron chi connectivity index (χ1n) is 6.62. The number of hydrogen-bond donors (Lipinski definition) is 3. The van der Waals surface area contributed by atoms with E-state index in [1.165, 1.54) is 6.20 Å². The van der Waals surface area contributed by atoms with E-state index in [0.29, 0.717) is 24.5 Å². The molecule has 0 aliphatic heterocycles. The van der Waals surface area contributed by atoms with E-state index in [4.69, 9.17) is 0 Å². The van der Waals surface area contributed by atoms with E-state index in [2.05, 4.69) is 37.5 Å². The Hall–Kier alpha value is -2.44. The molecule has 20 heavy (non-hydrogen) atoms. The van der Waals surface area contributed by atoms with Crippen molar-refractivity contribution in [2.45, 2.75) is 19.8 Å². The third kappa shape index (κ3) is 4.04. The molecule has 106 valence electrons. The van der Waals surface area contributed by atoms with Crippen molar-refractivity contribution in [2.75, 3.05) is 18.4 Å². The largest absolute Gasteiger partial charge is 0.369 e. The second kappa shape index (κ2) is 7.22. The molecule has 0 aromatic carbocycles. The Kier molecular flexibility index (Phi) is 5.05. The molecule has 7 nitrogen and oxygen atoms in total. The number of rotatable bonds is 7. The highest BCUT2D eigenvalue weighted by Crippen LogP contribution is 2.01. The summed E-state index contributed by atoms with van der Waals surface area (Å²) in [4.78, 5) is 27.1. The van der Waals surface area contributed by atoms with Crippen LogP contribution in [0.2, 0.25) is 0 Å². The third-order valence-electron chi connectivity index (χ3n) is 2.64. The molecule has 2 aromatic heterocycles. The average molecular weight is 274 g/mol. The highest BCUT2D eigenvalue weighted by Gasteiger charge is 2.07. The topological polar surface area (TPSA) is 95.6 Å². The summed E-state index contributed by atoms with van der Waals surface area (Å²) in [5.41, 5.74) is 0.312. The number of nitrogens with one attached hydrogen (secondary N) is 3. The van der Waals surface area contributed by atoms with Crippen molar-refractivity contribution in [3.05, 3.63) is 36.3 Å². The summed E-state index contributed by atoms with van der Waals surface area (Å²) < 4.78 is 0. The van der Waals surface area contributed by atoms with Gasteiger partial charge in [0, 0.05) is 31.9 Å². The lowest BCUT2D eigenvalue weighted by Gasteiger charge is -2.05. The van der Waals surface area contributed by atoms with Crippen LogP contribution in [0.15, 0.2) is 24.8 Å². The number of imidazole rings is 1. The normalized spacial score (nSPS) is 10.2. The zero-order valence-electron chi connectivity index (χ0n) is 11.4. The Labute approximate surface area is 117 Å². The van der Waals surface area contributed by atoms with E-state index in [9.17, 15) is 4.79 Å². The minimum Gasteiger partial charge on any atom is -0.369 e. The number of H-pyrrole nitrogens is 1. The maximum Gasteiger partial charge on any atom is 0.271 e. The monoisotopic (exact) mass is 274 g/mol. The number of aromatic amines is 1. The van der Waals surface area contributed by atoms with Gasteiger partial charge in [-0.15, -0.1) is 0 Å². The Morgan fingerprint density at radius 2 is 2.15 bits per heavy atom. The van der Waals surface area contributed by atoms with E-state index in [0.717, 1.165) is 18.8 Å². The van der Waals surface area contributed by atoms with Crippen LogP contribution in [0.5, 0.6) is 0 Å². The van der Waals surface area contributed by atoms with Crippen molar-refractivity contribution in [3.63, 3.8) is 0 Å². The van der Waals surface area contributed by atoms with Crippen molar-refractivity contribution < 1.29 is 4.79 Å². The quantitative estimate of drug-likeness (QED) is 0.700. The fourth-order valence-electron chi connectivity index (χ4n) is 1.61. The molecular formula is C13H18N6O. The van der Waals surface area contributed by atoms with Crippen LogP contribution in [0.4, 0.5) is 5.82 Å². The molecule has 0 aliphatic carbocycles. The van der Waals surface area contributed by atoms with Gasteiger partial charge in [0.25, 0.3) is 5.91 Å². The Morgan fingerprint density at radius 1 is 1.25 bits per heavy atom. The van der Waals surface area contributed by atoms with Crippen molar-refractivity contribution in [1.82, 2.24) is 25.3 Å². The van der Waals surface area contributed by atoms with Crippen molar-refractivity contribution in [3.8, 4) is 0 Å². The lowest BCUT2D eigenvalue weighted by atomic mass is 10.3. The van der Waals surface area contributed by atoms with Gasteiger partial charge < -0.3 is 15.6 Å². The molecule has 0 atom stereocenters. The Balaban J connectivity index is 1.79. The number of nitrogens with zero attached hydrogens (tertiary/aromatic N) is 3. The first-order chi connectivity index (χ1) is 9.79. The number of amides is 1. The van der Waals surface area contributed by atoms with Crippen LogP contribution < -0.4 is 10.6 Å². The van der Waals surface area contributed by atoms with E-state index in [1.807, 2.05) is 0 Å². The van der Waals surface area contributed by atoms with Gasteiger partial charge in [-0.3, -0.25) is 4.79 Å². The summed E-state index contributed by atoms with van der Waals surface area (Å²) in [7, 11) is 0. The van der Waals surface area contributed by atoms with E-state index in [1.54, 1.807) is 18.6 Å². The molecule has 0 radical (unpaired) electrons. The Morgan fingerprint density at radius 3 is 2.80 bits per heavy atom. The van der Waals surface area contributed by atoms with Crippen LogP contribution in [0.25, 0.3) is 0 Å². The summed E-state index contributed by atoms with van der Waals surface area (Å²) >= 11 is 0. The van der Waals surface area contributed by atoms with Gasteiger partial charge in [-0.25, -0.2) is 15.0 Å². The Bertz CT molecular complexity index is 522. The van der Waals surface area contributed by atoms with E-state index < -0.39 is 0 Å². The van der Waals surface area contributed by atoms with Crippen LogP contribution in [-0.4, -0.2) is 38.9 Å². The SMILES string of the molecule is CCCNc1cnc(C(=O)NCCc2ncc[nH]2)cn1. The number of anilines is 1. The number of carbonyl (C=O) groups excluding carboxylic acids is 1. The van der Waals surface area contributed by atoms with Gasteiger partial charge in [0.1, 0.15) is 17.3 Å². The van der Waals surface area contributed by atoms with Gasteiger partial charge in [-0.05, 0) is 6.42 Å². The molecule has 0 aliphatic rings. The minimum absolute atomic E-state index is 0.230. The number of hydrogen-bond acceptors (Lipinski definition) is 5. The van der Waals surface area contributed by atoms with Crippen molar-refractivity contribution in [1.29, 1.82) is 0 Å². The fraction of sp³-hybridized carbons (Fsp3) is 0.385. The predicted octanol–water partition coefficient (Wildman–Crippen LogP) is 0.994. The first kappa shape index (κ1) is 14.0. The van der Waals surface area contributed by atoms with Crippen LogP contribution in [0.1, 0.15) is 29.7 Å². The molecule has 0 saturated carbocycles. The second-order valence-electron chi connectivity index (χ2n) is 4.26. The highest BCUT2D eigenvalue weighted by molar-refractivity contribution is 5.91. The molecule has 0 spiro atoms. The van der Waals surface area contributed by atoms with Gasteiger partial charge in [-0.1, -0.05) is 6.92 Å². The molecule has 0 bridgehead atoms. The molecule has 0 fully saturated rings. The zero-order chi connectivity index (χ0) is 14.2. The minimum atomic E-state index is -0.230. The maximum absolute atomic E-state index is 11.8. The summed E-state index contributed by atoms with van der Waals surface area (Å²) in [6.07, 6.45) is 8.14. The van der Waals surface area contributed by atoms with Gasteiger partial charge in [-0.2, -0.15) is 0 Å². The van der Waals surface area contributed by atoms with Crippen LogP contribution in [-0.2, 0) is 6.42 Å². The smallest absolute Gasteiger partial charge is 0.271 e. The lowest BCUT2D eigenvalue weighted by molar-refractivity contribution is 0.0948. The molecule has 7 heteroatoms. The zero-order valence-corrected chi connectivity index (χ0v) is 11.4. The molecule has 3 N–H and O–H groups in total. The van der Waals surface area contributed by atoms with Gasteiger partial charge in [0.05, 0.1) is 12.4 Å². The van der Waals surface area contributed by atoms with Gasteiger partial charge in [0.2, 0.25) is 0 Å². The summed E-state index contributed by atoms with van der Waals surface area (Å²) in [6.45, 7) is 3.41. The van der Waals surface area contributed by atoms with E-state index in [-0.39, 0.29) is 5.91 Å². The summed E-state index contributed by atoms with van der Waals surface area (Å²) in [5.74, 6) is 1.29. The highest BCUT2D eigenvalue weighted by atomic mass is 16.1. The summed E-state index contributed by atoms with van der Waals surface area (Å²) in [6, 6.07) is 0. The average Bonchev–Trinajstić information content (AvgIpc) is 2.99. The number of aromatic nitrogens is 4. The lowest BCUT2D eigenvalue weighted by Crippen LogP contribution is -2.27. The molecule has 0 unspecified atom stereocenters. The fourth-order valence-corrected chi connectivity index (χ4v) is 1.61. The standard InChI is InChI=1S/C13H18N6O/c1-2-4-14-12-9-18-10(8-19-12)13(20)17-5-3-11-15-6-7-16-11/h6-9H,2-5H2,1H3,(H,14,19)(H,15,16)(H,17,20). The van der Waals surface area contributed by atoms with Crippen molar-refractivity contribution >= 4 is 11.7 Å². The number of carbonyl (C=O) groups is 1. The second-order valence-corrected chi connectivity index (χ2v) is 4.26. The predicted molar refractivity (Wildman–Crippen MR) is 75.4 cm³/mol. The molecule has 1 amide bonds. The molecule has 2 aromatic rings. The first-order valence-corrected chi connectivity index (χ1v) is 6.62. The van der Waals surface area contributed by atoms with E-state index >= 15 is 0 Å². The molecule has 0 saturated heterocycles. The summed E-state index contributed by atoms with van der Waals surface area (Å²) in [5, 5.41) is 5.88. The van der Waals surface area contributed by atoms with Gasteiger partial charge >= 0.3 is 0 Å². The molecule has 2 rings (SSSR count). The van der Waals surface area contributed by atoms with Crippen LogP contribution in [0, 0.1) is 0 Å². The van der Waals surface area contributed by atoms with Crippen molar-refractivity contribution in [2.24, 2.45) is 0 Å². The third-order valence-corrected chi connectivity index (χ3v) is 2.64.